The molecule has 0 atom stereocenters. The van der Waals surface area contributed by atoms with Crippen LogP contribution in [-0.4, -0.2) is 57.7 Å². The smallest absolute Gasteiger partial charge is 0.265 e. The number of para-hydroxylation sites is 1. The number of hydrogen-bond donors (Lipinski definition) is 0. The Balaban J connectivity index is 0.000000157. The van der Waals surface area contributed by atoms with Crippen molar-refractivity contribution in [1.29, 1.82) is 21.0 Å². The molecule has 0 spiro atoms. The zero-order valence-corrected chi connectivity index (χ0v) is 84.8. The van der Waals surface area contributed by atoms with Crippen LogP contribution in [0.2, 0.25) is 0 Å². The number of rotatable bonds is 22. The van der Waals surface area contributed by atoms with Crippen molar-refractivity contribution in [2.45, 2.75) is 103 Å². The second-order valence-corrected chi connectivity index (χ2v) is 38.0. The fourth-order valence-electron chi connectivity index (χ4n) is 17.5. The number of nitrogens with zero attached hydrogens (tertiary/aromatic N) is 13. The minimum Gasteiger partial charge on any atom is -0.497 e. The largest absolute Gasteiger partial charge is 0.497 e. The summed E-state index contributed by atoms with van der Waals surface area (Å²) in [5, 5.41) is 39.5. The Labute approximate surface area is 864 Å². The summed E-state index contributed by atoms with van der Waals surface area (Å²) in [7, 11) is 9.80. The maximum Gasteiger partial charge on any atom is 0.265 e. The van der Waals surface area contributed by atoms with E-state index in [0.717, 1.165) is 90.5 Å². The molecule has 0 aromatic heterocycles. The van der Waals surface area contributed by atoms with E-state index in [2.05, 4.69) is 324 Å². The zero-order chi connectivity index (χ0) is 104. The van der Waals surface area contributed by atoms with Gasteiger partial charge in [0, 0.05) is 116 Å². The van der Waals surface area contributed by atoms with Gasteiger partial charge in [-0.15, -0.1) is 0 Å². The van der Waals surface area contributed by atoms with E-state index < -0.39 is 22.4 Å². The van der Waals surface area contributed by atoms with Crippen molar-refractivity contribution in [1.82, 2.24) is 0 Å². The first kappa shape index (κ1) is 104. The molecule has 0 N–H and O–H groups in total. The summed E-state index contributed by atoms with van der Waals surface area (Å²) < 4.78 is 29.5. The predicted octanol–water partition coefficient (Wildman–Crippen LogP) is 33.0. The van der Waals surface area contributed by atoms with Crippen molar-refractivity contribution in [3.8, 4) is 52.3 Å². The van der Waals surface area contributed by atoms with E-state index in [1.165, 1.54) is 38.7 Å². The molecule has 724 valence electrons. The summed E-state index contributed by atoms with van der Waals surface area (Å²) in [4.78, 5) is 24.3. The van der Waals surface area contributed by atoms with Crippen molar-refractivity contribution in [3.63, 3.8) is 0 Å². The summed E-state index contributed by atoms with van der Waals surface area (Å²) in [5.41, 5.74) is 22.1. The Morgan fingerprint density at radius 3 is 0.844 bits per heavy atom. The normalized spacial score (nSPS) is 15.8. The topological polar surface area (TPSA) is 175 Å². The van der Waals surface area contributed by atoms with Crippen molar-refractivity contribution in [2.24, 2.45) is 0 Å². The second kappa shape index (κ2) is 47.9. The molecule has 4 heterocycles. The molecule has 147 heavy (non-hydrogen) atoms. The van der Waals surface area contributed by atoms with Crippen LogP contribution in [0, 0.1) is 71.6 Å². The number of ether oxygens (including phenoxy) is 5. The van der Waals surface area contributed by atoms with Gasteiger partial charge in [-0.3, -0.25) is 0 Å². The standard InChI is InChI=1S/C42H33N3O.C34H27N3O.C27H28N4O.C26H25N3O2/c1-42(2)29-36(41(30-43)44-3)28-40(46-42)27-16-31-14-21-37(22-15-31)45(38-23-17-34(18-24-38)32-10-6-4-7-11-32)39-25-19-35(20-26-39)33-12-8-5-9-13-33;1-34(2)23-27(32(24-35)36-3)22-30(38-34)21-18-25-16-19-29(20-17-25)37(28-12-5-4-6-13-28)33-15-9-11-26-10-7-8-14-31(26)33;1-27(2)18-21(26(19-28)29-3)17-25(32-27)16-9-20-7-10-23(11-8-20)31(6)24-14-12-22(13-15-24)30(4)5;1-26(2)17-20(25(18-27)28-3)16-24(31-26)13-8-19-6-9-21(10-7-19)29(4)22-11-14-23(30-5)15-12-22/h4-28H,29H2,1-2H3;4-22H,23H2,1-2H3;7-17H,18H2,1-2,4-6H3;6-16H,17H2,1-2,4-5H3/b27-16+,41-36+;21-18+,32-27+;16-9+,26-21+;13-8+,25-20+. The Morgan fingerprint density at radius 2 is 0.537 bits per heavy atom. The van der Waals surface area contributed by atoms with Gasteiger partial charge in [0.25, 0.3) is 22.8 Å². The first-order valence-electron chi connectivity index (χ1n) is 48.1. The first-order chi connectivity index (χ1) is 71.0. The van der Waals surface area contributed by atoms with Gasteiger partial charge in [-0.25, -0.2) is 40.4 Å². The SMILES string of the molecule is [C-]#[N+]/C(C#N)=C1C=C(/C=C/c2ccc(N(C)c3ccc(N(C)C)cc3)cc2)OC(C)(C)C\1.[C-]#[N+]/C(C#N)=C1C=C(/C=C/c2ccc(N(C)c3ccc(OC)cc3)cc2)OC(C)(C)C\1.[C-]#[N+]/C(C#N)=C1C=C(/C=C/c2ccc(N(c3ccc(-c4ccccc4)cc3)c3ccc(-c4ccccc4)cc3)cc2)OC(C)(C)C\1.[C-]#[N+]/C(C#N)=C1C=C(/C=C/c2ccc(N(c3ccccc3)c3cccc4ccccc34)cc2)OC(C)(C)C\1. The summed E-state index contributed by atoms with van der Waals surface area (Å²) in [6.45, 7) is 44.8. The number of hydrogen-bond acceptors (Lipinski definition) is 14. The fraction of sp³-hybridized carbons (Fsp3) is 0.163. The van der Waals surface area contributed by atoms with E-state index in [0.29, 0.717) is 65.4 Å². The molecular formula is C129H113N13O5. The van der Waals surface area contributed by atoms with Crippen LogP contribution in [0.3, 0.4) is 0 Å². The maximum atomic E-state index is 9.40. The molecule has 18 heteroatoms. The summed E-state index contributed by atoms with van der Waals surface area (Å²) in [6, 6.07) is 121. The summed E-state index contributed by atoms with van der Waals surface area (Å²) in [5.74, 6) is 3.39. The van der Waals surface area contributed by atoms with Crippen molar-refractivity contribution >= 4 is 97.6 Å². The number of anilines is 11. The summed E-state index contributed by atoms with van der Waals surface area (Å²) in [6.07, 6.45) is 24.7. The molecule has 0 saturated heterocycles. The molecule has 0 radical (unpaired) electrons. The summed E-state index contributed by atoms with van der Waals surface area (Å²) >= 11 is 0. The van der Waals surface area contributed by atoms with Gasteiger partial charge >= 0.3 is 0 Å². The van der Waals surface area contributed by atoms with E-state index in [4.69, 9.17) is 50.0 Å². The van der Waals surface area contributed by atoms with Crippen LogP contribution < -0.4 is 29.2 Å². The highest BCUT2D eigenvalue weighted by Gasteiger charge is 2.33. The lowest BCUT2D eigenvalue weighted by atomic mass is 9.93. The van der Waals surface area contributed by atoms with Crippen LogP contribution in [0.5, 0.6) is 5.75 Å². The second-order valence-electron chi connectivity index (χ2n) is 38.0. The number of allylic oxidation sites excluding steroid dienone is 12. The van der Waals surface area contributed by atoms with Gasteiger partial charge in [0.1, 0.15) is 51.2 Å². The third-order valence-electron chi connectivity index (χ3n) is 24.7. The number of fused-ring (bicyclic) bond motifs is 1. The minimum absolute atomic E-state index is 0.111. The average molecular weight is 1930 g/mol. The predicted molar refractivity (Wildman–Crippen MR) is 598 cm³/mol. The van der Waals surface area contributed by atoms with Gasteiger partial charge in [0.2, 0.25) is 0 Å². The van der Waals surface area contributed by atoms with E-state index in [1.54, 1.807) is 31.4 Å². The Morgan fingerprint density at radius 1 is 0.286 bits per heavy atom. The highest BCUT2D eigenvalue weighted by Crippen LogP contribution is 2.44. The van der Waals surface area contributed by atoms with Gasteiger partial charge in [-0.2, -0.15) is 0 Å². The molecule has 0 saturated carbocycles. The number of methoxy groups -OCH3 is 1. The lowest BCUT2D eigenvalue weighted by Gasteiger charge is -2.32. The molecule has 18 nitrogen and oxygen atoms in total. The minimum atomic E-state index is -0.507. The van der Waals surface area contributed by atoms with Crippen molar-refractivity contribution in [2.75, 3.05) is 59.8 Å². The van der Waals surface area contributed by atoms with Crippen LogP contribution in [-0.2, 0) is 18.9 Å². The zero-order valence-electron chi connectivity index (χ0n) is 84.8. The van der Waals surface area contributed by atoms with Gasteiger partial charge in [-0.05, 0) is 316 Å². The van der Waals surface area contributed by atoms with Gasteiger partial charge in [0.05, 0.1) is 63.4 Å². The van der Waals surface area contributed by atoms with Crippen LogP contribution in [0.15, 0.2) is 444 Å². The van der Waals surface area contributed by atoms with Crippen LogP contribution in [0.1, 0.15) is 103 Å². The Hall–Kier alpha value is -19.1. The first-order valence-corrected chi connectivity index (χ1v) is 48.1. The molecule has 0 unspecified atom stereocenters. The third kappa shape index (κ3) is 27.6. The van der Waals surface area contributed by atoms with Gasteiger partial charge in [0.15, 0.2) is 0 Å². The maximum absolute atomic E-state index is 9.40. The molecule has 4 aliphatic heterocycles. The quantitative estimate of drug-likeness (QED) is 0.0463. The molecular weight excluding hydrogens is 1810 g/mol. The lowest BCUT2D eigenvalue weighted by Crippen LogP contribution is -2.27. The number of nitriles is 4. The van der Waals surface area contributed by atoms with E-state index in [1.807, 2.05) is 204 Å². The van der Waals surface area contributed by atoms with Gasteiger partial charge in [-0.1, -0.05) is 212 Å². The molecule has 0 bridgehead atoms. The molecule has 0 amide bonds. The monoisotopic (exact) mass is 1920 g/mol. The molecule has 0 fully saturated rings. The van der Waals surface area contributed by atoms with E-state index in [-0.39, 0.29) is 22.8 Å². The van der Waals surface area contributed by atoms with Crippen LogP contribution >= 0.6 is 0 Å². The van der Waals surface area contributed by atoms with Crippen molar-refractivity contribution < 1.29 is 23.7 Å². The van der Waals surface area contributed by atoms with E-state index in [9.17, 15) is 21.0 Å². The van der Waals surface area contributed by atoms with Crippen LogP contribution in [0.4, 0.5) is 62.6 Å². The van der Waals surface area contributed by atoms with E-state index >= 15 is 0 Å². The molecule has 13 aromatic rings. The Bertz CT molecular complexity index is 7550. The fourth-order valence-corrected chi connectivity index (χ4v) is 17.5. The van der Waals surface area contributed by atoms with Crippen LogP contribution in [0.25, 0.3) is 76.7 Å². The van der Waals surface area contributed by atoms with Gasteiger partial charge < -0.3 is 48.2 Å². The average Bonchev–Trinajstić information content (AvgIpc) is 0.761. The molecule has 13 aromatic carbocycles. The van der Waals surface area contributed by atoms with Crippen molar-refractivity contribution in [3.05, 3.63) is 512 Å². The third-order valence-corrected chi connectivity index (χ3v) is 24.7. The number of benzene rings is 13. The lowest BCUT2D eigenvalue weighted by molar-refractivity contribution is 0.0351. The Kier molecular flexibility index (Phi) is 33.8. The molecule has 17 rings (SSSR count). The molecule has 4 aliphatic rings. The highest BCUT2D eigenvalue weighted by atomic mass is 16.5. The highest BCUT2D eigenvalue weighted by molar-refractivity contribution is 5.99. The molecule has 0 aliphatic carbocycles.